The highest BCUT2D eigenvalue weighted by atomic mass is 32.1. The molecule has 5 aromatic rings. The van der Waals surface area contributed by atoms with Crippen LogP contribution in [0.25, 0.3) is 33.6 Å². The summed E-state index contributed by atoms with van der Waals surface area (Å²) in [6.07, 6.45) is 3.08. The van der Waals surface area contributed by atoms with E-state index in [1.807, 2.05) is 18.2 Å². The number of likely N-dealkylation sites (N-methyl/N-ethyl adjacent to an activating group) is 1. The summed E-state index contributed by atoms with van der Waals surface area (Å²) < 4.78 is 5.21. The number of nitroso groups, excluding NO2 is 1. The van der Waals surface area contributed by atoms with Crippen molar-refractivity contribution in [1.29, 1.82) is 0 Å². The summed E-state index contributed by atoms with van der Waals surface area (Å²) in [5, 5.41) is 19.6. The fourth-order valence-corrected chi connectivity index (χ4v) is 5.49. The Morgan fingerprint density at radius 1 is 1.07 bits per heavy atom. The van der Waals surface area contributed by atoms with Gasteiger partial charge in [-0.25, -0.2) is 15.0 Å². The number of carbonyl (C=O) groups excluding carboxylic acids is 1. The van der Waals surface area contributed by atoms with E-state index in [0.29, 0.717) is 21.5 Å². The highest BCUT2D eigenvalue weighted by molar-refractivity contribution is 7.13. The lowest BCUT2D eigenvalue weighted by Gasteiger charge is -2.34. The van der Waals surface area contributed by atoms with Gasteiger partial charge in [0.25, 0.3) is 5.91 Å². The van der Waals surface area contributed by atoms with E-state index in [1.54, 1.807) is 35.7 Å². The molecule has 0 radical (unpaired) electrons. The predicted octanol–water partition coefficient (Wildman–Crippen LogP) is 5.83. The van der Waals surface area contributed by atoms with Crippen molar-refractivity contribution in [1.82, 2.24) is 19.9 Å². The Balaban J connectivity index is 1.33. The van der Waals surface area contributed by atoms with E-state index in [9.17, 15) is 19.8 Å². The Kier molecular flexibility index (Phi) is 7.68. The molecule has 216 valence electrons. The number of carbonyl (C=O) groups is 1. The standard InChI is InChI=1S/C29H24N8O5S/c1-35-12-14-36(15-13-35)18-6-9-20-23(16-18)30-25(10-7-19-8-11-26(42-19)37(40)41)32-27(20)33-28(38)24-17-43-29(31-24)21-4-2-3-5-22(21)34-39/h2-11,16-17H,12-15H2,1H3,(H,30,32,33,38)/b10-7+. The van der Waals surface area contributed by atoms with Crippen molar-refractivity contribution in [2.45, 2.75) is 0 Å². The molecule has 3 aromatic heterocycles. The summed E-state index contributed by atoms with van der Waals surface area (Å²) in [4.78, 5) is 53.2. The Labute approximate surface area is 248 Å². The lowest BCUT2D eigenvalue weighted by atomic mass is 10.1. The van der Waals surface area contributed by atoms with Crippen molar-refractivity contribution in [2.75, 3.05) is 43.4 Å². The zero-order valence-corrected chi connectivity index (χ0v) is 23.7. The first-order valence-electron chi connectivity index (χ1n) is 13.2. The van der Waals surface area contributed by atoms with Gasteiger partial charge in [-0.2, -0.15) is 0 Å². The molecule has 2 aromatic carbocycles. The molecule has 1 saturated heterocycles. The molecule has 0 aliphatic carbocycles. The normalized spacial score (nSPS) is 13.9. The quantitative estimate of drug-likeness (QED) is 0.131. The van der Waals surface area contributed by atoms with E-state index in [2.05, 4.69) is 37.3 Å². The molecular formula is C29H24N8O5S. The fraction of sp³-hybridized carbons (Fsp3) is 0.172. The number of piperazine rings is 1. The molecule has 0 spiro atoms. The van der Waals surface area contributed by atoms with Crippen LogP contribution in [0.1, 0.15) is 22.1 Å². The Hall–Kier alpha value is -5.34. The highest BCUT2D eigenvalue weighted by Gasteiger charge is 2.19. The number of fused-ring (bicyclic) bond motifs is 1. The third-order valence-electron chi connectivity index (χ3n) is 6.96. The first-order chi connectivity index (χ1) is 20.9. The van der Waals surface area contributed by atoms with Gasteiger partial charge < -0.3 is 19.5 Å². The number of nitrogens with zero attached hydrogens (tertiary/aromatic N) is 7. The van der Waals surface area contributed by atoms with E-state index >= 15 is 0 Å². The minimum atomic E-state index is -0.616. The molecule has 1 fully saturated rings. The minimum Gasteiger partial charge on any atom is -0.401 e. The Bertz CT molecular complexity index is 1880. The van der Waals surface area contributed by atoms with Crippen molar-refractivity contribution in [2.24, 2.45) is 5.18 Å². The number of rotatable bonds is 8. The van der Waals surface area contributed by atoms with Crippen LogP contribution in [0, 0.1) is 15.0 Å². The molecule has 14 heteroatoms. The number of thiazole rings is 1. The summed E-state index contributed by atoms with van der Waals surface area (Å²) in [6.45, 7) is 3.62. The summed E-state index contributed by atoms with van der Waals surface area (Å²) >= 11 is 1.22. The molecule has 6 rings (SSSR count). The molecule has 13 nitrogen and oxygen atoms in total. The molecule has 1 aliphatic rings. The van der Waals surface area contributed by atoms with Gasteiger partial charge in [-0.15, -0.1) is 16.2 Å². The highest BCUT2D eigenvalue weighted by Crippen LogP contribution is 2.33. The van der Waals surface area contributed by atoms with E-state index < -0.39 is 10.8 Å². The van der Waals surface area contributed by atoms with Gasteiger partial charge in [0.15, 0.2) is 5.82 Å². The number of hydrogen-bond donors (Lipinski definition) is 1. The van der Waals surface area contributed by atoms with Crippen LogP contribution in [0.5, 0.6) is 0 Å². The van der Waals surface area contributed by atoms with Crippen LogP contribution in [0.3, 0.4) is 0 Å². The molecule has 0 bridgehead atoms. The van der Waals surface area contributed by atoms with Crippen LogP contribution in [0.15, 0.2) is 69.6 Å². The molecule has 1 N–H and O–H groups in total. The molecule has 43 heavy (non-hydrogen) atoms. The van der Waals surface area contributed by atoms with Crippen LogP contribution in [0.2, 0.25) is 0 Å². The van der Waals surface area contributed by atoms with Gasteiger partial charge >= 0.3 is 5.88 Å². The average molecular weight is 597 g/mol. The van der Waals surface area contributed by atoms with Gasteiger partial charge in [-0.1, -0.05) is 12.1 Å². The van der Waals surface area contributed by atoms with Crippen molar-refractivity contribution in [3.8, 4) is 10.6 Å². The number of nitrogens with one attached hydrogen (secondary N) is 1. The molecule has 1 aliphatic heterocycles. The molecule has 0 saturated carbocycles. The zero-order chi connectivity index (χ0) is 29.9. The van der Waals surface area contributed by atoms with E-state index in [1.165, 1.54) is 29.5 Å². The maximum absolute atomic E-state index is 13.3. The molecule has 0 atom stereocenters. The van der Waals surface area contributed by atoms with Gasteiger partial charge in [0, 0.05) is 48.2 Å². The third-order valence-corrected chi connectivity index (χ3v) is 7.83. The van der Waals surface area contributed by atoms with Crippen molar-refractivity contribution in [3.05, 3.63) is 92.3 Å². The summed E-state index contributed by atoms with van der Waals surface area (Å²) in [5.41, 5.74) is 2.54. The number of amides is 1. The average Bonchev–Trinajstić information content (AvgIpc) is 3.71. The van der Waals surface area contributed by atoms with Gasteiger partial charge in [-0.05, 0) is 60.8 Å². The summed E-state index contributed by atoms with van der Waals surface area (Å²) in [5.74, 6) is -0.0686. The largest absolute Gasteiger partial charge is 0.433 e. The maximum Gasteiger partial charge on any atom is 0.433 e. The second-order valence-corrected chi connectivity index (χ2v) is 10.6. The first kappa shape index (κ1) is 27.8. The maximum atomic E-state index is 13.3. The second-order valence-electron chi connectivity index (χ2n) is 9.79. The Morgan fingerprint density at radius 3 is 2.65 bits per heavy atom. The topological polar surface area (TPSA) is 160 Å². The Morgan fingerprint density at radius 2 is 1.88 bits per heavy atom. The fourth-order valence-electron chi connectivity index (χ4n) is 4.66. The molecular weight excluding hydrogens is 572 g/mol. The van der Waals surface area contributed by atoms with Crippen LogP contribution in [-0.2, 0) is 0 Å². The third kappa shape index (κ3) is 6.00. The van der Waals surface area contributed by atoms with Crippen LogP contribution < -0.4 is 10.2 Å². The number of hydrogen-bond acceptors (Lipinski definition) is 12. The zero-order valence-electron chi connectivity index (χ0n) is 22.8. The number of benzene rings is 2. The molecule has 0 unspecified atom stereocenters. The monoisotopic (exact) mass is 596 g/mol. The summed E-state index contributed by atoms with van der Waals surface area (Å²) in [6, 6.07) is 15.3. The van der Waals surface area contributed by atoms with Gasteiger partial charge in [-0.3, -0.25) is 14.9 Å². The smallest absolute Gasteiger partial charge is 0.401 e. The number of aromatic nitrogens is 3. The SMILES string of the molecule is CN1CCN(c2ccc3c(NC(=O)c4csc(-c5ccccc5N=O)n4)nc(/C=C/c4ccc([N+](=O)[O-])o4)nc3c2)CC1. The van der Waals surface area contributed by atoms with E-state index in [4.69, 9.17) is 9.40 Å². The number of furan rings is 1. The van der Waals surface area contributed by atoms with Gasteiger partial charge in [0.2, 0.25) is 0 Å². The van der Waals surface area contributed by atoms with Crippen LogP contribution >= 0.6 is 11.3 Å². The van der Waals surface area contributed by atoms with E-state index in [0.717, 1.165) is 31.9 Å². The van der Waals surface area contributed by atoms with Crippen molar-refractivity contribution < 1.29 is 14.1 Å². The van der Waals surface area contributed by atoms with Crippen molar-refractivity contribution in [3.63, 3.8) is 0 Å². The molecule has 4 heterocycles. The lowest BCUT2D eigenvalue weighted by molar-refractivity contribution is -0.402. The van der Waals surface area contributed by atoms with Crippen molar-refractivity contribution >= 4 is 63.4 Å². The van der Waals surface area contributed by atoms with Crippen LogP contribution in [-0.4, -0.2) is 63.9 Å². The van der Waals surface area contributed by atoms with E-state index in [-0.39, 0.29) is 34.7 Å². The first-order valence-corrected chi connectivity index (χ1v) is 14.1. The van der Waals surface area contributed by atoms with Gasteiger partial charge in [0.05, 0.1) is 11.6 Å². The number of nitro groups is 1. The minimum absolute atomic E-state index is 0.154. The number of anilines is 2. The lowest BCUT2D eigenvalue weighted by Crippen LogP contribution is -2.44. The molecule has 1 amide bonds. The second kappa shape index (κ2) is 11.9. The van der Waals surface area contributed by atoms with Gasteiger partial charge in [0.1, 0.15) is 32.9 Å². The predicted molar refractivity (Wildman–Crippen MR) is 164 cm³/mol. The summed E-state index contributed by atoms with van der Waals surface area (Å²) in [7, 11) is 2.09. The van der Waals surface area contributed by atoms with Crippen LogP contribution in [0.4, 0.5) is 23.1 Å².